The zero-order valence-electron chi connectivity index (χ0n) is 50.8. The van der Waals surface area contributed by atoms with Gasteiger partial charge in [-0.2, -0.15) is 0 Å². The molecule has 81 heavy (non-hydrogen) atoms. The number of carbonyl (C=O) groups excluding carboxylic acids is 3. The summed E-state index contributed by atoms with van der Waals surface area (Å²) >= 11 is 0. The van der Waals surface area contributed by atoms with E-state index >= 15 is 0 Å². The van der Waals surface area contributed by atoms with Crippen LogP contribution < -0.4 is 15.8 Å². The van der Waals surface area contributed by atoms with Crippen LogP contribution in [0.1, 0.15) is 130 Å². The molecule has 0 aliphatic carbocycles. The Hall–Kier alpha value is -4.17. The summed E-state index contributed by atoms with van der Waals surface area (Å²) in [5.41, 5.74) is -3.69. The van der Waals surface area contributed by atoms with Crippen LogP contribution in [0.15, 0.2) is 29.2 Å². The van der Waals surface area contributed by atoms with Crippen molar-refractivity contribution in [1.82, 2.24) is 14.9 Å². The lowest BCUT2D eigenvalue weighted by atomic mass is 9.74. The van der Waals surface area contributed by atoms with Crippen molar-refractivity contribution >= 4 is 34.5 Å². The highest BCUT2D eigenvalue weighted by Gasteiger charge is 2.54. The average Bonchev–Trinajstić information content (AvgIpc) is 3.56. The Morgan fingerprint density at radius 1 is 0.864 bits per heavy atom. The number of ketones is 1. The lowest BCUT2D eigenvalue weighted by molar-refractivity contribution is -0.322. The van der Waals surface area contributed by atoms with E-state index < -0.39 is 113 Å². The Bertz CT molecular complexity index is 2470. The number of methoxy groups -OCH3 is 2. The Morgan fingerprint density at radius 3 is 2.15 bits per heavy atom. The number of aryl methyl sites for hydroxylation is 1. The number of aliphatic hydroxyl groups excluding tert-OH is 2. The highest BCUT2D eigenvalue weighted by Crippen LogP contribution is 2.42. The molecule has 5 N–H and O–H groups in total. The van der Waals surface area contributed by atoms with E-state index in [2.05, 4.69) is 5.32 Å². The minimum atomic E-state index is -2.01. The maximum atomic E-state index is 14.6. The quantitative estimate of drug-likeness (QED) is 0.0816. The Balaban J connectivity index is 1.24. The normalized spacial score (nSPS) is 35.6. The molecule has 0 bridgehead atoms. The number of benzene rings is 1. The van der Waals surface area contributed by atoms with Crippen molar-refractivity contribution < 1.29 is 82.2 Å². The fraction of sp³-hybridized carbons (Fsp3) is 0.780. The van der Waals surface area contributed by atoms with E-state index in [0.29, 0.717) is 49.7 Å². The lowest BCUT2D eigenvalue weighted by Gasteiger charge is -2.50. The van der Waals surface area contributed by atoms with Crippen LogP contribution in [0.4, 0.5) is 0 Å². The van der Waals surface area contributed by atoms with Crippen molar-refractivity contribution in [1.29, 1.82) is 0 Å². The fourth-order valence-corrected chi connectivity index (χ4v) is 12.1. The number of ether oxygens (including phenoxy) is 9. The van der Waals surface area contributed by atoms with Crippen LogP contribution in [0.5, 0.6) is 0 Å². The summed E-state index contributed by atoms with van der Waals surface area (Å²) in [6, 6.07) is 5.10. The highest BCUT2D eigenvalue weighted by atomic mass is 16.7. The number of cyclic esters (lactones) is 1. The molecule has 18 atom stereocenters. The molecule has 0 spiro atoms. The van der Waals surface area contributed by atoms with Crippen LogP contribution >= 0.6 is 0 Å². The number of nitrogens with zero attached hydrogens (tertiary/aromatic N) is 3. The fourth-order valence-electron chi connectivity index (χ4n) is 12.1. The number of Topliss-reactive ketones (excluding diaryl/α,β-unsaturated/α-hetero) is 1. The third kappa shape index (κ3) is 16.2. The minimum absolute atomic E-state index is 0.0751. The first kappa shape index (κ1) is 67.6. The standard InChI is InChI=1S/C59H96N4O18/c1-17-44-59(10,72)51(68)35(4)47(65)33(2)30-57(8,73-15)52(81-56-49(67)43(61(11)12)28-34(3)77-56)36(5)50(37(6)55(71)79-44)80-46-31-58(9,74-16)53(38(7)78-46)76-26-19-24-60-45(64)23-27-75-25-18-20-39-21-22-42-40(29-39)48(66)41(54(69)70)32-63(42)62(13)14/h21-22,29,32-38,43-44,46,49-53,56,67-68,72H,17-20,23-28,30-31H2,1-16H3,(H,60,64)(H,69,70)/t33-,34+,35-,36-,37+,38-,43-,44+,46-,49+,50-,51+,52+,53-,56-,57+,58+,59+/m0/s1. The van der Waals surface area contributed by atoms with E-state index in [-0.39, 0.29) is 68.3 Å². The van der Waals surface area contributed by atoms with E-state index in [1.165, 1.54) is 20.2 Å². The van der Waals surface area contributed by atoms with Gasteiger partial charge in [-0.05, 0) is 112 Å². The van der Waals surface area contributed by atoms with E-state index in [1.54, 1.807) is 77.6 Å². The first-order chi connectivity index (χ1) is 38.0. The molecule has 5 rings (SSSR count). The number of likely N-dealkylation sites (N-methyl/N-ethyl adjacent to an activating group) is 1. The second-order valence-corrected chi connectivity index (χ2v) is 23.9. The Kier molecular flexibility index (Phi) is 24.3. The molecule has 0 unspecified atom stereocenters. The van der Waals surface area contributed by atoms with Crippen LogP contribution in [0.25, 0.3) is 10.9 Å². The molecule has 3 aliphatic heterocycles. The van der Waals surface area contributed by atoms with E-state index in [9.17, 15) is 44.4 Å². The van der Waals surface area contributed by atoms with Gasteiger partial charge >= 0.3 is 11.9 Å². The van der Waals surface area contributed by atoms with Gasteiger partial charge in [0.25, 0.3) is 0 Å². The molecule has 22 heteroatoms. The maximum Gasteiger partial charge on any atom is 0.341 e. The number of rotatable bonds is 22. The van der Waals surface area contributed by atoms with Crippen LogP contribution in [-0.2, 0) is 63.4 Å². The first-order valence-electron chi connectivity index (χ1n) is 28.7. The first-order valence-corrected chi connectivity index (χ1v) is 28.7. The number of nitrogens with one attached hydrogen (secondary N) is 1. The minimum Gasteiger partial charge on any atom is -0.477 e. The molecular weight excluding hydrogens is 1050 g/mol. The molecule has 3 fully saturated rings. The topological polar surface area (TPSA) is 273 Å². The summed E-state index contributed by atoms with van der Waals surface area (Å²) in [6.07, 6.45) is -5.59. The lowest BCUT2D eigenvalue weighted by Crippen LogP contribution is -2.61. The number of esters is 1. The number of fused-ring (bicyclic) bond motifs is 1. The van der Waals surface area contributed by atoms with Gasteiger partial charge in [-0.25, -0.2) is 4.79 Å². The number of carboxylic acid groups (broad SMARTS) is 1. The second-order valence-electron chi connectivity index (χ2n) is 23.9. The van der Waals surface area contributed by atoms with Gasteiger partial charge < -0.3 is 78.3 Å². The van der Waals surface area contributed by atoms with E-state index in [0.717, 1.165) is 5.56 Å². The predicted molar refractivity (Wildman–Crippen MR) is 301 cm³/mol. The molecule has 0 radical (unpaired) electrons. The summed E-state index contributed by atoms with van der Waals surface area (Å²) in [5, 5.41) is 49.8. The third-order valence-electron chi connectivity index (χ3n) is 17.1. The molecule has 2 aromatic rings. The van der Waals surface area contributed by atoms with E-state index in [1.807, 2.05) is 52.8 Å². The predicted octanol–water partition coefficient (Wildman–Crippen LogP) is 4.22. The van der Waals surface area contributed by atoms with Crippen LogP contribution in [0.3, 0.4) is 0 Å². The zero-order chi connectivity index (χ0) is 60.5. The molecule has 3 aliphatic rings. The van der Waals surface area contributed by atoms with Gasteiger partial charge in [-0.1, -0.05) is 33.8 Å². The maximum absolute atomic E-state index is 14.6. The van der Waals surface area contributed by atoms with Crippen molar-refractivity contribution in [3.8, 4) is 0 Å². The van der Waals surface area contributed by atoms with Gasteiger partial charge in [-0.3, -0.25) is 23.9 Å². The molecule has 0 saturated carbocycles. The number of amides is 1. The van der Waals surface area contributed by atoms with Crippen molar-refractivity contribution in [2.75, 3.05) is 73.8 Å². The number of aliphatic hydroxyl groups is 3. The summed E-state index contributed by atoms with van der Waals surface area (Å²) in [4.78, 5) is 68.2. The number of hydrogen-bond donors (Lipinski definition) is 5. The SMILES string of the molecule is CC[C@H]1OC(=O)[C@H](C)[C@@H](O[C@H]2C[C@@](C)(OC)[C@@H](OCCCNC(=O)CCOCCCc3ccc4c(c3)c(=O)c(C(=O)O)cn4N(C)C)[C@H](C)O2)[C@H](C)[C@@H](O[C@@H]2O[C@H](C)C[C@H](N(C)C)[C@H]2O)[C@](C)(OC)C[C@H](C)C(=O)[C@H](C)[C@@H](O)[C@]1(C)O. The van der Waals surface area contributed by atoms with Gasteiger partial charge in [0.15, 0.2) is 12.6 Å². The van der Waals surface area contributed by atoms with Crippen LogP contribution in [0, 0.1) is 23.7 Å². The molecule has 4 heterocycles. The Morgan fingerprint density at radius 2 is 1.53 bits per heavy atom. The summed E-state index contributed by atoms with van der Waals surface area (Å²) in [6.45, 7) is 18.5. The van der Waals surface area contributed by atoms with Gasteiger partial charge in [0.05, 0.1) is 59.8 Å². The van der Waals surface area contributed by atoms with Gasteiger partial charge in [0.2, 0.25) is 11.3 Å². The molecule has 1 amide bonds. The highest BCUT2D eigenvalue weighted by molar-refractivity contribution is 5.93. The summed E-state index contributed by atoms with van der Waals surface area (Å²) in [5.74, 6) is -6.18. The monoisotopic (exact) mass is 1150 g/mol. The molecule has 22 nitrogen and oxygen atoms in total. The number of hydrogen-bond acceptors (Lipinski definition) is 19. The van der Waals surface area contributed by atoms with E-state index in [4.69, 9.17) is 42.6 Å². The number of carboxylic acids is 1. The second kappa shape index (κ2) is 29.1. The largest absolute Gasteiger partial charge is 0.477 e. The smallest absolute Gasteiger partial charge is 0.341 e. The average molecular weight is 1150 g/mol. The Labute approximate surface area is 478 Å². The van der Waals surface area contributed by atoms with Gasteiger partial charge in [-0.15, -0.1) is 0 Å². The zero-order valence-corrected chi connectivity index (χ0v) is 50.8. The number of aromatic nitrogens is 1. The van der Waals surface area contributed by atoms with Crippen molar-refractivity contribution in [3.63, 3.8) is 0 Å². The van der Waals surface area contributed by atoms with Crippen LogP contribution in [-0.4, -0.2) is 207 Å². The number of carbonyl (C=O) groups is 4. The van der Waals surface area contributed by atoms with Crippen LogP contribution in [0.2, 0.25) is 0 Å². The van der Waals surface area contributed by atoms with Gasteiger partial charge in [0.1, 0.15) is 35.3 Å². The number of pyridine rings is 1. The summed E-state index contributed by atoms with van der Waals surface area (Å²) in [7, 11) is 10.3. The molecule has 1 aromatic heterocycles. The van der Waals surface area contributed by atoms with Crippen molar-refractivity contribution in [2.45, 2.75) is 205 Å². The van der Waals surface area contributed by atoms with Crippen molar-refractivity contribution in [2.24, 2.45) is 23.7 Å². The molecular formula is C59H96N4O18. The summed E-state index contributed by atoms with van der Waals surface area (Å²) < 4.78 is 59.3. The third-order valence-corrected chi connectivity index (χ3v) is 17.1. The number of aromatic carboxylic acids is 1. The molecule has 1 aromatic carbocycles. The van der Waals surface area contributed by atoms with Crippen molar-refractivity contribution in [3.05, 3.63) is 45.7 Å². The molecule has 460 valence electrons. The molecule has 3 saturated heterocycles. The van der Waals surface area contributed by atoms with Gasteiger partial charge in [0, 0.05) is 96.3 Å².